The number of nitrogens with one attached hydrogen (secondary N) is 1. The fraction of sp³-hybridized carbons (Fsp3) is 0.150. The third kappa shape index (κ3) is 3.80. The molecule has 8 nitrogen and oxygen atoms in total. The van der Waals surface area contributed by atoms with E-state index in [2.05, 4.69) is 15.5 Å². The van der Waals surface area contributed by atoms with Crippen molar-refractivity contribution in [2.45, 2.75) is 20.5 Å². The van der Waals surface area contributed by atoms with E-state index >= 15 is 0 Å². The molecule has 0 radical (unpaired) electrons. The van der Waals surface area contributed by atoms with Gasteiger partial charge in [-0.25, -0.2) is 4.98 Å². The highest BCUT2D eigenvalue weighted by molar-refractivity contribution is 6.02. The van der Waals surface area contributed by atoms with Crippen LogP contribution in [-0.2, 0) is 6.61 Å². The molecule has 0 unspecified atom stereocenters. The van der Waals surface area contributed by atoms with Gasteiger partial charge < -0.3 is 23.4 Å². The highest BCUT2D eigenvalue weighted by Crippen LogP contribution is 2.24. The maximum Gasteiger partial charge on any atom is 0.294 e. The van der Waals surface area contributed by atoms with Gasteiger partial charge in [0.2, 0.25) is 5.76 Å². The van der Waals surface area contributed by atoms with Crippen molar-refractivity contribution in [1.29, 1.82) is 0 Å². The zero-order valence-electron chi connectivity index (χ0n) is 15.3. The van der Waals surface area contributed by atoms with Crippen LogP contribution < -0.4 is 10.1 Å². The third-order valence-electron chi connectivity index (χ3n) is 3.94. The number of furan rings is 1. The Labute approximate surface area is 160 Å². The minimum Gasteiger partial charge on any atom is -0.487 e. The van der Waals surface area contributed by atoms with Crippen LogP contribution in [0, 0.1) is 13.8 Å². The molecule has 1 N–H and O–H groups in total. The Morgan fingerprint density at radius 2 is 2.07 bits per heavy atom. The number of amides is 1. The zero-order valence-corrected chi connectivity index (χ0v) is 15.3. The topological polar surface area (TPSA) is 104 Å². The van der Waals surface area contributed by atoms with Crippen LogP contribution in [0.3, 0.4) is 0 Å². The zero-order chi connectivity index (χ0) is 19.5. The lowest BCUT2D eigenvalue weighted by Crippen LogP contribution is -2.11. The van der Waals surface area contributed by atoms with Gasteiger partial charge in [0.15, 0.2) is 5.76 Å². The van der Waals surface area contributed by atoms with E-state index in [0.717, 1.165) is 0 Å². The summed E-state index contributed by atoms with van der Waals surface area (Å²) in [6.45, 7) is 3.78. The van der Waals surface area contributed by atoms with Crippen molar-refractivity contribution in [2.24, 2.45) is 0 Å². The second-order valence-electron chi connectivity index (χ2n) is 6.10. The average molecular weight is 379 g/mol. The van der Waals surface area contributed by atoms with Crippen LogP contribution in [0.25, 0.3) is 11.7 Å². The maximum atomic E-state index is 12.2. The number of aromatic nitrogens is 2. The Bertz CT molecular complexity index is 1090. The summed E-state index contributed by atoms with van der Waals surface area (Å²) in [5.41, 5.74) is 1.88. The molecule has 0 saturated carbocycles. The fourth-order valence-electron chi connectivity index (χ4n) is 2.55. The maximum absolute atomic E-state index is 12.2. The van der Waals surface area contributed by atoms with Crippen molar-refractivity contribution in [2.75, 3.05) is 5.32 Å². The standard InChI is InChI=1S/C20H17N3O5/c1-12-9-18(28-23-12)19(24)21-14-5-3-6-15(10-14)26-11-16-13(2)27-20(22-16)17-7-4-8-25-17/h3-10H,11H2,1-2H3,(H,21,24). The van der Waals surface area contributed by atoms with Crippen molar-refractivity contribution >= 4 is 11.6 Å². The predicted octanol–water partition coefficient (Wildman–Crippen LogP) is 4.37. The number of carbonyl (C=O) groups is 1. The summed E-state index contributed by atoms with van der Waals surface area (Å²) >= 11 is 0. The Kier molecular flexibility index (Phi) is 4.67. The lowest BCUT2D eigenvalue weighted by Gasteiger charge is -2.07. The van der Waals surface area contributed by atoms with Gasteiger partial charge in [-0.2, -0.15) is 0 Å². The van der Waals surface area contributed by atoms with E-state index in [-0.39, 0.29) is 18.3 Å². The number of oxazole rings is 1. The highest BCUT2D eigenvalue weighted by atomic mass is 16.5. The van der Waals surface area contributed by atoms with Gasteiger partial charge >= 0.3 is 0 Å². The van der Waals surface area contributed by atoms with Crippen LogP contribution in [0.15, 0.2) is 62.1 Å². The van der Waals surface area contributed by atoms with Gasteiger partial charge in [0.25, 0.3) is 11.8 Å². The first-order chi connectivity index (χ1) is 13.6. The van der Waals surface area contributed by atoms with Gasteiger partial charge in [-0.05, 0) is 38.1 Å². The van der Waals surface area contributed by atoms with Crippen LogP contribution in [0.1, 0.15) is 27.7 Å². The number of hydrogen-bond acceptors (Lipinski definition) is 7. The SMILES string of the molecule is Cc1cc(C(=O)Nc2cccc(OCc3nc(-c4ccco4)oc3C)c2)on1. The summed E-state index contributed by atoms with van der Waals surface area (Å²) < 4.78 is 21.7. The number of ether oxygens (including phenoxy) is 1. The van der Waals surface area contributed by atoms with Crippen molar-refractivity contribution in [3.05, 3.63) is 71.6 Å². The van der Waals surface area contributed by atoms with Crippen LogP contribution in [-0.4, -0.2) is 16.0 Å². The lowest BCUT2D eigenvalue weighted by molar-refractivity contribution is 0.0988. The van der Waals surface area contributed by atoms with Gasteiger partial charge in [0, 0.05) is 17.8 Å². The monoisotopic (exact) mass is 379 g/mol. The molecule has 3 aromatic heterocycles. The van der Waals surface area contributed by atoms with E-state index in [9.17, 15) is 4.79 Å². The van der Waals surface area contributed by atoms with Crippen molar-refractivity contribution in [3.8, 4) is 17.4 Å². The molecular formula is C20H17N3O5. The largest absolute Gasteiger partial charge is 0.487 e. The van der Waals surface area contributed by atoms with E-state index in [1.165, 1.54) is 0 Å². The summed E-state index contributed by atoms with van der Waals surface area (Å²) in [5, 5.41) is 6.45. The molecule has 28 heavy (non-hydrogen) atoms. The van der Waals surface area contributed by atoms with Gasteiger partial charge in [0.05, 0.1) is 12.0 Å². The Hall–Kier alpha value is -3.81. The van der Waals surface area contributed by atoms with Crippen molar-refractivity contribution < 1.29 is 22.9 Å². The number of anilines is 1. The Morgan fingerprint density at radius 3 is 2.82 bits per heavy atom. The van der Waals surface area contributed by atoms with Crippen LogP contribution in [0.5, 0.6) is 5.75 Å². The molecule has 1 amide bonds. The highest BCUT2D eigenvalue weighted by Gasteiger charge is 2.15. The Morgan fingerprint density at radius 1 is 1.18 bits per heavy atom. The first-order valence-corrected chi connectivity index (χ1v) is 8.56. The number of carbonyl (C=O) groups excluding carboxylic acids is 1. The fourth-order valence-corrected chi connectivity index (χ4v) is 2.55. The van der Waals surface area contributed by atoms with Crippen LogP contribution >= 0.6 is 0 Å². The summed E-state index contributed by atoms with van der Waals surface area (Å²) in [6.07, 6.45) is 1.56. The second kappa shape index (κ2) is 7.43. The van der Waals surface area contributed by atoms with Gasteiger partial charge in [-0.1, -0.05) is 11.2 Å². The molecule has 0 spiro atoms. The molecule has 0 aliphatic heterocycles. The molecule has 3 heterocycles. The normalized spacial score (nSPS) is 10.8. The quantitative estimate of drug-likeness (QED) is 0.530. The van der Waals surface area contributed by atoms with E-state index in [4.69, 9.17) is 18.1 Å². The molecule has 8 heteroatoms. The molecular weight excluding hydrogens is 362 g/mol. The molecule has 0 bridgehead atoms. The first kappa shape index (κ1) is 17.6. The number of benzene rings is 1. The molecule has 142 valence electrons. The molecule has 0 fully saturated rings. The van der Waals surface area contributed by atoms with E-state index in [1.807, 2.05) is 6.92 Å². The molecule has 0 aliphatic carbocycles. The minimum atomic E-state index is -0.381. The molecule has 0 aliphatic rings. The third-order valence-corrected chi connectivity index (χ3v) is 3.94. The number of hydrogen-bond donors (Lipinski definition) is 1. The minimum absolute atomic E-state index is 0.146. The van der Waals surface area contributed by atoms with Gasteiger partial charge in [-0.15, -0.1) is 0 Å². The summed E-state index contributed by atoms with van der Waals surface area (Å²) in [4.78, 5) is 16.6. The van der Waals surface area contributed by atoms with Gasteiger partial charge in [0.1, 0.15) is 23.8 Å². The van der Waals surface area contributed by atoms with Crippen LogP contribution in [0.2, 0.25) is 0 Å². The average Bonchev–Trinajstić information content (AvgIpc) is 3.41. The summed E-state index contributed by atoms with van der Waals surface area (Å²) in [7, 11) is 0. The molecule has 4 rings (SSSR count). The number of aryl methyl sites for hydroxylation is 2. The number of rotatable bonds is 6. The number of nitrogens with zero attached hydrogens (tertiary/aromatic N) is 2. The molecule has 4 aromatic rings. The Balaban J connectivity index is 1.42. The van der Waals surface area contributed by atoms with E-state index in [0.29, 0.717) is 40.2 Å². The molecule has 1 aromatic carbocycles. The summed E-state index contributed by atoms with van der Waals surface area (Å²) in [5.74, 6) is 1.96. The first-order valence-electron chi connectivity index (χ1n) is 8.56. The smallest absolute Gasteiger partial charge is 0.294 e. The van der Waals surface area contributed by atoms with Crippen molar-refractivity contribution in [1.82, 2.24) is 10.1 Å². The van der Waals surface area contributed by atoms with Crippen LogP contribution in [0.4, 0.5) is 5.69 Å². The second-order valence-corrected chi connectivity index (χ2v) is 6.10. The molecule has 0 atom stereocenters. The lowest BCUT2D eigenvalue weighted by atomic mass is 10.3. The van der Waals surface area contributed by atoms with Crippen molar-refractivity contribution in [3.63, 3.8) is 0 Å². The molecule has 0 saturated heterocycles. The van der Waals surface area contributed by atoms with Gasteiger partial charge in [-0.3, -0.25) is 4.79 Å². The summed E-state index contributed by atoms with van der Waals surface area (Å²) in [6, 6.07) is 12.1. The van der Waals surface area contributed by atoms with E-state index < -0.39 is 0 Å². The predicted molar refractivity (Wildman–Crippen MR) is 98.9 cm³/mol. The van der Waals surface area contributed by atoms with E-state index in [1.54, 1.807) is 55.7 Å².